The highest BCUT2D eigenvalue weighted by Gasteiger charge is 2.37. The summed E-state index contributed by atoms with van der Waals surface area (Å²) in [4.78, 5) is 2.47. The van der Waals surface area contributed by atoms with Crippen LogP contribution in [0, 0.1) is 0 Å². The molecule has 0 fully saturated rings. The van der Waals surface area contributed by atoms with Crippen molar-refractivity contribution >= 4 is 49.2 Å². The fourth-order valence-corrected chi connectivity index (χ4v) is 5.70. The summed E-state index contributed by atoms with van der Waals surface area (Å²) in [6.45, 7) is 0. The van der Waals surface area contributed by atoms with E-state index < -0.39 is 0 Å². The van der Waals surface area contributed by atoms with Crippen LogP contribution < -0.4 is 4.90 Å². The van der Waals surface area contributed by atoms with Gasteiger partial charge in [0.05, 0.1) is 6.04 Å². The highest BCUT2D eigenvalue weighted by Crippen LogP contribution is 2.48. The van der Waals surface area contributed by atoms with Crippen molar-refractivity contribution in [2.45, 2.75) is 12.0 Å². The van der Waals surface area contributed by atoms with Crippen molar-refractivity contribution in [1.82, 2.24) is 0 Å². The van der Waals surface area contributed by atoms with Gasteiger partial charge in [0.15, 0.2) is 0 Å². The molecule has 2 aliphatic rings. The van der Waals surface area contributed by atoms with Crippen LogP contribution >= 0.6 is 15.9 Å². The van der Waals surface area contributed by atoms with Crippen LogP contribution in [0.4, 0.5) is 11.4 Å². The first-order valence-electron chi connectivity index (χ1n) is 11.2. The summed E-state index contributed by atoms with van der Waals surface area (Å²) < 4.78 is 7.12. The number of nitrogens with zero attached hydrogens (tertiary/aromatic N) is 1. The van der Waals surface area contributed by atoms with Crippen molar-refractivity contribution in [2.24, 2.45) is 0 Å². The highest BCUT2D eigenvalue weighted by molar-refractivity contribution is 9.10. The number of allylic oxidation sites excluding steroid dienone is 2. The second kappa shape index (κ2) is 7.23. The lowest BCUT2D eigenvalue weighted by molar-refractivity contribution is 0.669. The second-order valence-corrected chi connectivity index (χ2v) is 9.63. The van der Waals surface area contributed by atoms with E-state index >= 15 is 0 Å². The summed E-state index contributed by atoms with van der Waals surface area (Å²) in [5.74, 6) is 0.347. The number of halogens is 1. The van der Waals surface area contributed by atoms with Crippen LogP contribution in [-0.4, -0.2) is 6.04 Å². The number of para-hydroxylation sites is 1. The molecule has 33 heavy (non-hydrogen) atoms. The van der Waals surface area contributed by atoms with Gasteiger partial charge in [-0.3, -0.25) is 0 Å². The predicted octanol–water partition coefficient (Wildman–Crippen LogP) is 8.75. The minimum atomic E-state index is 0.306. The molecular weight excluding hydrogens is 470 g/mol. The first-order chi connectivity index (χ1) is 16.3. The molecule has 0 amide bonds. The van der Waals surface area contributed by atoms with E-state index in [1.165, 1.54) is 28.1 Å². The van der Waals surface area contributed by atoms with Crippen LogP contribution in [0.5, 0.6) is 0 Å². The normalized spacial score (nSPS) is 18.8. The summed E-state index contributed by atoms with van der Waals surface area (Å²) in [6.07, 6.45) is 8.99. The standard InChI is InChI=1S/C30H20BrNO/c31-21-12-15-30-26(18-21)25-17-20(11-14-29(25)33-30)19-10-13-28-24(16-19)23-8-4-5-9-27(23)32(28)22-6-2-1-3-7-22/h1-18,23,27H. The van der Waals surface area contributed by atoms with Crippen LogP contribution in [0.2, 0.25) is 0 Å². The molecule has 158 valence electrons. The molecule has 1 aliphatic carbocycles. The Kier molecular flexibility index (Phi) is 4.15. The zero-order chi connectivity index (χ0) is 21.9. The highest BCUT2D eigenvalue weighted by atomic mass is 79.9. The molecule has 0 saturated heterocycles. The number of anilines is 2. The maximum Gasteiger partial charge on any atom is 0.135 e. The molecule has 0 saturated carbocycles. The van der Waals surface area contributed by atoms with E-state index in [0.29, 0.717) is 12.0 Å². The van der Waals surface area contributed by atoms with Gasteiger partial charge < -0.3 is 9.32 Å². The van der Waals surface area contributed by atoms with Crippen molar-refractivity contribution in [2.75, 3.05) is 4.90 Å². The van der Waals surface area contributed by atoms with Gasteiger partial charge in [0.1, 0.15) is 11.2 Å². The molecule has 4 aromatic carbocycles. The third-order valence-corrected chi connectivity index (χ3v) is 7.34. The predicted molar refractivity (Wildman–Crippen MR) is 140 cm³/mol. The molecule has 5 aromatic rings. The molecule has 2 unspecified atom stereocenters. The minimum absolute atomic E-state index is 0.306. The minimum Gasteiger partial charge on any atom is -0.456 e. The number of rotatable bonds is 2. The summed E-state index contributed by atoms with van der Waals surface area (Å²) in [5, 5.41) is 2.28. The van der Waals surface area contributed by atoms with Gasteiger partial charge in [0.2, 0.25) is 0 Å². The quantitative estimate of drug-likeness (QED) is 0.246. The average Bonchev–Trinajstić information content (AvgIpc) is 3.39. The Morgan fingerprint density at radius 2 is 1.42 bits per heavy atom. The van der Waals surface area contributed by atoms with E-state index in [0.717, 1.165) is 26.4 Å². The number of hydrogen-bond acceptors (Lipinski definition) is 2. The van der Waals surface area contributed by atoms with Crippen LogP contribution in [0.15, 0.2) is 118 Å². The van der Waals surface area contributed by atoms with Crippen molar-refractivity contribution < 1.29 is 4.42 Å². The first-order valence-corrected chi connectivity index (χ1v) is 12.0. The van der Waals surface area contributed by atoms with Gasteiger partial charge in [-0.25, -0.2) is 0 Å². The first kappa shape index (κ1) is 19.0. The largest absolute Gasteiger partial charge is 0.456 e. The van der Waals surface area contributed by atoms with Gasteiger partial charge in [-0.2, -0.15) is 0 Å². The smallest absolute Gasteiger partial charge is 0.135 e. The molecule has 2 nitrogen and oxygen atoms in total. The topological polar surface area (TPSA) is 16.4 Å². The SMILES string of the molecule is Brc1ccc2oc3ccc(-c4ccc5c(c4)C4C=CC=CC4N5c4ccccc4)cc3c2c1. The average molecular weight is 490 g/mol. The van der Waals surface area contributed by atoms with Crippen LogP contribution in [0.1, 0.15) is 11.5 Å². The third-order valence-electron chi connectivity index (χ3n) is 6.85. The van der Waals surface area contributed by atoms with Gasteiger partial charge in [-0.15, -0.1) is 0 Å². The van der Waals surface area contributed by atoms with E-state index in [2.05, 4.69) is 118 Å². The lowest BCUT2D eigenvalue weighted by Crippen LogP contribution is -2.28. The fourth-order valence-electron chi connectivity index (χ4n) is 5.34. The Morgan fingerprint density at radius 3 is 2.30 bits per heavy atom. The van der Waals surface area contributed by atoms with Gasteiger partial charge in [0, 0.05) is 32.5 Å². The zero-order valence-corrected chi connectivity index (χ0v) is 19.4. The van der Waals surface area contributed by atoms with Gasteiger partial charge in [0.25, 0.3) is 0 Å². The monoisotopic (exact) mass is 489 g/mol. The Balaban J connectivity index is 1.38. The van der Waals surface area contributed by atoms with E-state index in [4.69, 9.17) is 4.42 Å². The van der Waals surface area contributed by atoms with E-state index in [1.807, 2.05) is 12.1 Å². The molecule has 0 radical (unpaired) electrons. The summed E-state index contributed by atoms with van der Waals surface area (Å²) in [5.41, 5.74) is 8.17. The summed E-state index contributed by atoms with van der Waals surface area (Å²) in [6, 6.07) is 30.6. The number of hydrogen-bond donors (Lipinski definition) is 0. The van der Waals surface area contributed by atoms with Gasteiger partial charge in [-0.05, 0) is 71.3 Å². The molecule has 2 atom stereocenters. The van der Waals surface area contributed by atoms with Crippen molar-refractivity contribution in [1.29, 1.82) is 0 Å². The molecule has 7 rings (SSSR count). The van der Waals surface area contributed by atoms with Crippen molar-refractivity contribution in [3.8, 4) is 11.1 Å². The third kappa shape index (κ3) is 2.93. The van der Waals surface area contributed by atoms with Crippen LogP contribution in [0.3, 0.4) is 0 Å². The molecule has 1 aliphatic heterocycles. The number of benzene rings is 4. The zero-order valence-electron chi connectivity index (χ0n) is 17.8. The molecule has 1 aromatic heterocycles. The molecule has 0 spiro atoms. The Bertz CT molecular complexity index is 1590. The van der Waals surface area contributed by atoms with Crippen LogP contribution in [0.25, 0.3) is 33.1 Å². The van der Waals surface area contributed by atoms with Crippen molar-refractivity contribution in [3.63, 3.8) is 0 Å². The maximum atomic E-state index is 6.06. The number of furan rings is 1. The Morgan fingerprint density at radius 1 is 0.697 bits per heavy atom. The second-order valence-electron chi connectivity index (χ2n) is 8.72. The Labute approximate surface area is 200 Å². The summed E-state index contributed by atoms with van der Waals surface area (Å²) >= 11 is 3.60. The fraction of sp³-hybridized carbons (Fsp3) is 0.0667. The van der Waals surface area contributed by atoms with Crippen LogP contribution in [-0.2, 0) is 0 Å². The molecule has 3 heteroatoms. The van der Waals surface area contributed by atoms with E-state index in [9.17, 15) is 0 Å². The molecular formula is C30H20BrNO. The van der Waals surface area contributed by atoms with E-state index in [-0.39, 0.29) is 0 Å². The molecule has 0 bridgehead atoms. The Hall–Kier alpha value is -3.56. The lowest BCUT2D eigenvalue weighted by Gasteiger charge is -2.28. The maximum absolute atomic E-state index is 6.06. The van der Waals surface area contributed by atoms with E-state index in [1.54, 1.807) is 0 Å². The molecule has 2 heterocycles. The van der Waals surface area contributed by atoms with Gasteiger partial charge in [-0.1, -0.05) is 70.6 Å². The lowest BCUT2D eigenvalue weighted by atomic mass is 9.89. The van der Waals surface area contributed by atoms with Crippen molar-refractivity contribution in [3.05, 3.63) is 119 Å². The summed E-state index contributed by atoms with van der Waals surface area (Å²) in [7, 11) is 0. The molecule has 0 N–H and O–H groups in total. The van der Waals surface area contributed by atoms with Gasteiger partial charge >= 0.3 is 0 Å². The number of fused-ring (bicyclic) bond motifs is 6.